The number of H-pyrrole nitrogens is 1. The van der Waals surface area contributed by atoms with Crippen LogP contribution in [0.5, 0.6) is 0 Å². The van der Waals surface area contributed by atoms with Crippen LogP contribution >= 0.6 is 11.8 Å². The second-order valence-corrected chi connectivity index (χ2v) is 5.35. The molecule has 19 heavy (non-hydrogen) atoms. The lowest BCUT2D eigenvalue weighted by Gasteiger charge is -2.04. The van der Waals surface area contributed by atoms with E-state index in [4.69, 9.17) is 11.1 Å². The average molecular weight is 276 g/mol. The lowest BCUT2D eigenvalue weighted by atomic mass is 10.3. The fourth-order valence-corrected chi connectivity index (χ4v) is 2.68. The van der Waals surface area contributed by atoms with Crippen molar-refractivity contribution in [3.63, 3.8) is 0 Å². The van der Waals surface area contributed by atoms with E-state index < -0.39 is 0 Å². The molecular formula is C11H12N6OS. The van der Waals surface area contributed by atoms with Crippen molar-refractivity contribution in [1.29, 1.82) is 5.41 Å². The van der Waals surface area contributed by atoms with Crippen molar-refractivity contribution in [1.82, 2.24) is 19.7 Å². The van der Waals surface area contributed by atoms with Gasteiger partial charge >= 0.3 is 5.69 Å². The molecule has 0 unspecified atom stereocenters. The maximum absolute atomic E-state index is 11.7. The van der Waals surface area contributed by atoms with Crippen molar-refractivity contribution in [3.05, 3.63) is 34.5 Å². The summed E-state index contributed by atoms with van der Waals surface area (Å²) in [5.74, 6) is -0.0796. The highest BCUT2D eigenvalue weighted by molar-refractivity contribution is 7.99. The number of rotatable bonds is 4. The lowest BCUT2D eigenvalue weighted by Crippen LogP contribution is -2.16. The highest BCUT2D eigenvalue weighted by Crippen LogP contribution is 2.37. The SMILES string of the molecule is N=C(N)c1cc(Sc2n[nH]c(=O)n2C2CC2)ccn1. The van der Waals surface area contributed by atoms with Crippen LogP contribution in [0, 0.1) is 5.41 Å². The van der Waals surface area contributed by atoms with E-state index in [1.807, 2.05) is 0 Å². The first-order valence-corrected chi connectivity index (χ1v) is 6.62. The Balaban J connectivity index is 1.91. The number of amidine groups is 1. The molecule has 3 rings (SSSR count). The van der Waals surface area contributed by atoms with Crippen molar-refractivity contribution in [3.8, 4) is 0 Å². The van der Waals surface area contributed by atoms with Gasteiger partial charge in [0.1, 0.15) is 11.5 Å². The predicted octanol–water partition coefficient (Wildman–Crippen LogP) is 0.737. The summed E-state index contributed by atoms with van der Waals surface area (Å²) >= 11 is 1.36. The minimum Gasteiger partial charge on any atom is -0.382 e. The number of nitrogens with zero attached hydrogens (tertiary/aromatic N) is 3. The average Bonchev–Trinajstić information content (AvgIpc) is 3.15. The number of aromatic amines is 1. The first-order chi connectivity index (χ1) is 9.15. The fraction of sp³-hybridized carbons (Fsp3) is 0.273. The van der Waals surface area contributed by atoms with Gasteiger partial charge in [-0.05, 0) is 36.7 Å². The first-order valence-electron chi connectivity index (χ1n) is 5.80. The Labute approximate surface area is 112 Å². The summed E-state index contributed by atoms with van der Waals surface area (Å²) in [5, 5.41) is 14.5. The van der Waals surface area contributed by atoms with Gasteiger partial charge in [-0.25, -0.2) is 9.89 Å². The molecule has 4 N–H and O–H groups in total. The van der Waals surface area contributed by atoms with Gasteiger partial charge in [0.2, 0.25) is 0 Å². The van der Waals surface area contributed by atoms with Crippen molar-refractivity contribution >= 4 is 17.6 Å². The summed E-state index contributed by atoms with van der Waals surface area (Å²) in [4.78, 5) is 16.5. The topological polar surface area (TPSA) is 113 Å². The third kappa shape index (κ3) is 2.39. The van der Waals surface area contributed by atoms with Crippen molar-refractivity contribution < 1.29 is 0 Å². The Bertz CT molecular complexity index is 686. The smallest absolute Gasteiger partial charge is 0.344 e. The van der Waals surface area contributed by atoms with Crippen LogP contribution in [0.15, 0.2) is 33.2 Å². The Hall–Kier alpha value is -2.09. The molecule has 2 heterocycles. The zero-order valence-corrected chi connectivity index (χ0v) is 10.8. The quantitative estimate of drug-likeness (QED) is 0.563. The molecule has 0 radical (unpaired) electrons. The van der Waals surface area contributed by atoms with Crippen LogP contribution in [0.4, 0.5) is 0 Å². The number of nitrogen functional groups attached to an aromatic ring is 1. The van der Waals surface area contributed by atoms with Gasteiger partial charge in [-0.3, -0.25) is 15.0 Å². The molecule has 0 amide bonds. The Morgan fingerprint density at radius 3 is 3.05 bits per heavy atom. The van der Waals surface area contributed by atoms with E-state index in [0.717, 1.165) is 17.7 Å². The molecule has 1 aliphatic rings. The van der Waals surface area contributed by atoms with Gasteiger partial charge in [-0.2, -0.15) is 0 Å². The molecular weight excluding hydrogens is 264 g/mol. The van der Waals surface area contributed by atoms with E-state index in [0.29, 0.717) is 10.9 Å². The number of hydrogen-bond donors (Lipinski definition) is 3. The largest absolute Gasteiger partial charge is 0.382 e. The van der Waals surface area contributed by atoms with Crippen molar-refractivity contribution in [2.75, 3.05) is 0 Å². The van der Waals surface area contributed by atoms with E-state index in [9.17, 15) is 4.79 Å². The number of nitrogens with one attached hydrogen (secondary N) is 2. The zero-order chi connectivity index (χ0) is 13.4. The Kier molecular flexibility index (Phi) is 2.86. The zero-order valence-electron chi connectivity index (χ0n) is 9.96. The van der Waals surface area contributed by atoms with Crippen LogP contribution in [0.3, 0.4) is 0 Å². The molecule has 0 atom stereocenters. The Morgan fingerprint density at radius 1 is 1.58 bits per heavy atom. The van der Waals surface area contributed by atoms with Crippen molar-refractivity contribution in [2.45, 2.75) is 28.9 Å². The fourth-order valence-electron chi connectivity index (χ4n) is 1.74. The minimum atomic E-state index is -0.175. The van der Waals surface area contributed by atoms with Crippen LogP contribution < -0.4 is 11.4 Å². The minimum absolute atomic E-state index is 0.0796. The number of aromatic nitrogens is 4. The lowest BCUT2D eigenvalue weighted by molar-refractivity contribution is 0.642. The van der Waals surface area contributed by atoms with Crippen LogP contribution in [-0.4, -0.2) is 25.6 Å². The molecule has 0 saturated heterocycles. The molecule has 1 fully saturated rings. The molecule has 0 spiro atoms. The van der Waals surface area contributed by atoms with Gasteiger partial charge in [-0.15, -0.1) is 5.10 Å². The van der Waals surface area contributed by atoms with Gasteiger partial charge in [0.25, 0.3) is 0 Å². The van der Waals surface area contributed by atoms with Crippen LogP contribution in [-0.2, 0) is 0 Å². The molecule has 1 aliphatic carbocycles. The summed E-state index contributed by atoms with van der Waals surface area (Å²) in [6.45, 7) is 0. The first kappa shape index (κ1) is 12.0. The van der Waals surface area contributed by atoms with Gasteiger partial charge < -0.3 is 5.73 Å². The molecule has 2 aromatic heterocycles. The standard InChI is InChI=1S/C11H12N6OS/c12-9(13)8-5-7(3-4-14-8)19-11-16-15-10(18)17(11)6-1-2-6/h3-6H,1-2H2,(H3,12,13)(H,15,18). The molecule has 0 aromatic carbocycles. The molecule has 0 aliphatic heterocycles. The monoisotopic (exact) mass is 276 g/mol. The van der Waals surface area contributed by atoms with Crippen LogP contribution in [0.25, 0.3) is 0 Å². The molecule has 0 bridgehead atoms. The van der Waals surface area contributed by atoms with E-state index in [1.165, 1.54) is 11.8 Å². The molecule has 2 aromatic rings. The highest BCUT2D eigenvalue weighted by atomic mass is 32.2. The molecule has 7 nitrogen and oxygen atoms in total. The van der Waals surface area contributed by atoms with E-state index in [2.05, 4.69) is 15.2 Å². The number of hydrogen-bond acceptors (Lipinski definition) is 5. The normalized spacial score (nSPS) is 14.5. The Morgan fingerprint density at radius 2 is 2.37 bits per heavy atom. The molecule has 8 heteroatoms. The van der Waals surface area contributed by atoms with Crippen LogP contribution in [0.1, 0.15) is 24.6 Å². The molecule has 1 saturated carbocycles. The number of nitrogens with two attached hydrogens (primary N) is 1. The predicted molar refractivity (Wildman–Crippen MR) is 70.5 cm³/mol. The van der Waals surface area contributed by atoms with E-state index >= 15 is 0 Å². The third-order valence-corrected chi connectivity index (χ3v) is 3.76. The summed E-state index contributed by atoms with van der Waals surface area (Å²) in [5.41, 5.74) is 5.65. The third-order valence-electron chi connectivity index (χ3n) is 2.80. The van der Waals surface area contributed by atoms with Gasteiger partial charge in [0.05, 0.1) is 0 Å². The van der Waals surface area contributed by atoms with Gasteiger partial charge in [0.15, 0.2) is 5.16 Å². The highest BCUT2D eigenvalue weighted by Gasteiger charge is 2.28. The van der Waals surface area contributed by atoms with Gasteiger partial charge in [0, 0.05) is 17.1 Å². The summed E-state index contributed by atoms with van der Waals surface area (Å²) < 4.78 is 1.68. The second kappa shape index (κ2) is 4.54. The van der Waals surface area contributed by atoms with Crippen LogP contribution in [0.2, 0.25) is 0 Å². The van der Waals surface area contributed by atoms with Gasteiger partial charge in [-0.1, -0.05) is 0 Å². The number of pyridine rings is 1. The molecule has 98 valence electrons. The summed E-state index contributed by atoms with van der Waals surface area (Å²) in [7, 11) is 0. The van der Waals surface area contributed by atoms with Crippen molar-refractivity contribution in [2.24, 2.45) is 5.73 Å². The summed E-state index contributed by atoms with van der Waals surface area (Å²) in [6.07, 6.45) is 3.62. The maximum atomic E-state index is 11.7. The van der Waals surface area contributed by atoms with E-state index in [-0.39, 0.29) is 17.6 Å². The van der Waals surface area contributed by atoms with E-state index in [1.54, 1.807) is 22.9 Å². The second-order valence-electron chi connectivity index (χ2n) is 4.31. The summed E-state index contributed by atoms with van der Waals surface area (Å²) in [6, 6.07) is 3.78. The maximum Gasteiger partial charge on any atom is 0.344 e.